The summed E-state index contributed by atoms with van der Waals surface area (Å²) in [4.78, 5) is 4.42. The fraction of sp³-hybridized carbons (Fsp3) is 0.471. The molecule has 1 nitrogen and oxygen atoms in total. The molecule has 0 fully saturated rings. The number of rotatable bonds is 6. The van der Waals surface area contributed by atoms with Gasteiger partial charge in [-0.25, -0.2) is 0 Å². The second kappa shape index (κ2) is 6.53. The molecule has 2 aromatic rings. The molecule has 0 saturated carbocycles. The maximum atomic E-state index is 4.42. The van der Waals surface area contributed by atoms with Crippen molar-refractivity contribution in [1.82, 2.24) is 4.98 Å². The summed E-state index contributed by atoms with van der Waals surface area (Å²) in [6.07, 6.45) is 10.5. The molecule has 1 aromatic heterocycles. The number of hydrogen-bond acceptors (Lipinski definition) is 1. The number of hydrogen-bond donors (Lipinski definition) is 0. The largest absolute Gasteiger partial charge is 0.264 e. The summed E-state index contributed by atoms with van der Waals surface area (Å²) < 4.78 is 0. The molecule has 18 heavy (non-hydrogen) atoms. The van der Waals surface area contributed by atoms with Gasteiger partial charge in [-0.3, -0.25) is 4.98 Å². The lowest BCUT2D eigenvalue weighted by Gasteiger charge is -2.18. The maximum absolute atomic E-state index is 4.42. The summed E-state index contributed by atoms with van der Waals surface area (Å²) >= 11 is 0. The van der Waals surface area contributed by atoms with Gasteiger partial charge in [0.15, 0.2) is 0 Å². The van der Waals surface area contributed by atoms with Crippen LogP contribution >= 0.6 is 0 Å². The van der Waals surface area contributed by atoms with Crippen LogP contribution in [0, 0.1) is 0 Å². The van der Waals surface area contributed by atoms with E-state index >= 15 is 0 Å². The fourth-order valence-corrected chi connectivity index (χ4v) is 2.72. The number of fused-ring (bicyclic) bond motifs is 1. The highest BCUT2D eigenvalue weighted by molar-refractivity contribution is 5.85. The molecule has 0 aliphatic carbocycles. The Kier molecular flexibility index (Phi) is 4.74. The highest BCUT2D eigenvalue weighted by Crippen LogP contribution is 2.31. The first kappa shape index (κ1) is 13.1. The summed E-state index contributed by atoms with van der Waals surface area (Å²) in [6.45, 7) is 4.54. The second-order valence-corrected chi connectivity index (χ2v) is 5.08. The zero-order chi connectivity index (χ0) is 12.8. The molecule has 1 unspecified atom stereocenters. The topological polar surface area (TPSA) is 12.9 Å². The van der Waals surface area contributed by atoms with Crippen molar-refractivity contribution in [2.75, 3.05) is 0 Å². The highest BCUT2D eigenvalue weighted by atomic mass is 14.6. The molecule has 0 aliphatic heterocycles. The van der Waals surface area contributed by atoms with Crippen molar-refractivity contribution in [3.63, 3.8) is 0 Å². The fourth-order valence-electron chi connectivity index (χ4n) is 2.72. The number of aromatic nitrogens is 1. The van der Waals surface area contributed by atoms with Crippen LogP contribution < -0.4 is 0 Å². The third-order valence-corrected chi connectivity index (χ3v) is 3.68. The molecule has 0 N–H and O–H groups in total. The van der Waals surface area contributed by atoms with Crippen LogP contribution in [-0.2, 0) is 0 Å². The Bertz CT molecular complexity index is 484. The number of benzene rings is 1. The van der Waals surface area contributed by atoms with Gasteiger partial charge < -0.3 is 0 Å². The third-order valence-electron chi connectivity index (χ3n) is 3.68. The van der Waals surface area contributed by atoms with Crippen LogP contribution in [0.1, 0.15) is 57.4 Å². The van der Waals surface area contributed by atoms with Crippen LogP contribution in [0.3, 0.4) is 0 Å². The van der Waals surface area contributed by atoms with E-state index in [4.69, 9.17) is 0 Å². The molecule has 1 heterocycles. The van der Waals surface area contributed by atoms with Gasteiger partial charge in [-0.15, -0.1) is 0 Å². The molecule has 0 aliphatic rings. The molecule has 0 spiro atoms. The molecule has 1 heteroatoms. The van der Waals surface area contributed by atoms with Crippen LogP contribution in [0.25, 0.3) is 10.8 Å². The zero-order valence-corrected chi connectivity index (χ0v) is 11.5. The van der Waals surface area contributed by atoms with Gasteiger partial charge in [0, 0.05) is 17.8 Å². The smallest absolute Gasteiger partial charge is 0.0346 e. The molecule has 1 atom stereocenters. The van der Waals surface area contributed by atoms with Crippen LogP contribution in [0.4, 0.5) is 0 Å². The van der Waals surface area contributed by atoms with E-state index < -0.39 is 0 Å². The summed E-state index contributed by atoms with van der Waals surface area (Å²) in [5.41, 5.74) is 1.45. The minimum atomic E-state index is 0.675. The minimum Gasteiger partial charge on any atom is -0.264 e. The van der Waals surface area contributed by atoms with Crippen LogP contribution in [0.2, 0.25) is 0 Å². The van der Waals surface area contributed by atoms with E-state index in [-0.39, 0.29) is 0 Å². The Morgan fingerprint density at radius 3 is 2.61 bits per heavy atom. The van der Waals surface area contributed by atoms with Crippen molar-refractivity contribution in [2.45, 2.75) is 51.9 Å². The van der Waals surface area contributed by atoms with Crippen molar-refractivity contribution < 1.29 is 0 Å². The normalized spacial score (nSPS) is 12.8. The number of nitrogens with zero attached hydrogens (tertiary/aromatic N) is 1. The number of pyridine rings is 1. The van der Waals surface area contributed by atoms with E-state index in [1.54, 1.807) is 0 Å². The quantitative estimate of drug-likeness (QED) is 0.668. The molecule has 0 radical (unpaired) electrons. The Hall–Kier alpha value is -1.37. The lowest BCUT2D eigenvalue weighted by atomic mass is 9.88. The molecular formula is C17H23N. The van der Waals surface area contributed by atoms with E-state index in [1.807, 2.05) is 6.20 Å². The average Bonchev–Trinajstić information content (AvgIpc) is 2.43. The first-order chi connectivity index (χ1) is 8.86. The SMILES string of the molecule is CCCCC(CCC)c1cncc2ccccc12. The molecule has 0 amide bonds. The van der Waals surface area contributed by atoms with Crippen molar-refractivity contribution in [3.8, 4) is 0 Å². The zero-order valence-electron chi connectivity index (χ0n) is 11.5. The van der Waals surface area contributed by atoms with Gasteiger partial charge in [0.05, 0.1) is 0 Å². The standard InChI is InChI=1S/C17H23N/c1-3-5-9-14(8-4-2)17-13-18-12-15-10-6-7-11-16(15)17/h6-7,10-14H,3-5,8-9H2,1-2H3. The molecule has 0 bridgehead atoms. The molecule has 1 aromatic carbocycles. The van der Waals surface area contributed by atoms with E-state index in [0.717, 1.165) is 0 Å². The molecule has 0 saturated heterocycles. The lowest BCUT2D eigenvalue weighted by Crippen LogP contribution is -2.00. The average molecular weight is 241 g/mol. The monoisotopic (exact) mass is 241 g/mol. The Labute approximate surface area is 110 Å². The Balaban J connectivity index is 2.36. The summed E-state index contributed by atoms with van der Waals surface area (Å²) in [5, 5.41) is 2.66. The van der Waals surface area contributed by atoms with E-state index in [1.165, 1.54) is 48.4 Å². The van der Waals surface area contributed by atoms with Gasteiger partial charge in [0.25, 0.3) is 0 Å². The lowest BCUT2D eigenvalue weighted by molar-refractivity contribution is 0.543. The van der Waals surface area contributed by atoms with Gasteiger partial charge in [0.1, 0.15) is 0 Å². The summed E-state index contributed by atoms with van der Waals surface area (Å²) in [7, 11) is 0. The predicted molar refractivity (Wildman–Crippen MR) is 78.9 cm³/mol. The van der Waals surface area contributed by atoms with Crippen molar-refractivity contribution in [3.05, 3.63) is 42.2 Å². The van der Waals surface area contributed by atoms with Crippen LogP contribution in [-0.4, -0.2) is 4.98 Å². The van der Waals surface area contributed by atoms with Gasteiger partial charge in [0.2, 0.25) is 0 Å². The van der Waals surface area contributed by atoms with Crippen LogP contribution in [0.15, 0.2) is 36.7 Å². The highest BCUT2D eigenvalue weighted by Gasteiger charge is 2.13. The van der Waals surface area contributed by atoms with Crippen molar-refractivity contribution in [1.29, 1.82) is 0 Å². The first-order valence-corrected chi connectivity index (χ1v) is 7.19. The van der Waals surface area contributed by atoms with Gasteiger partial charge in [-0.1, -0.05) is 57.4 Å². The summed E-state index contributed by atoms with van der Waals surface area (Å²) in [5.74, 6) is 0.675. The second-order valence-electron chi connectivity index (χ2n) is 5.08. The maximum Gasteiger partial charge on any atom is 0.0346 e. The van der Waals surface area contributed by atoms with Gasteiger partial charge in [-0.05, 0) is 29.7 Å². The van der Waals surface area contributed by atoms with E-state index in [2.05, 4.69) is 49.3 Å². The van der Waals surface area contributed by atoms with E-state index in [0.29, 0.717) is 5.92 Å². The van der Waals surface area contributed by atoms with Gasteiger partial charge >= 0.3 is 0 Å². The molecule has 96 valence electrons. The van der Waals surface area contributed by atoms with Gasteiger partial charge in [-0.2, -0.15) is 0 Å². The van der Waals surface area contributed by atoms with Crippen LogP contribution in [0.5, 0.6) is 0 Å². The Morgan fingerprint density at radius 2 is 1.83 bits per heavy atom. The van der Waals surface area contributed by atoms with Crippen molar-refractivity contribution in [2.24, 2.45) is 0 Å². The predicted octanol–water partition coefficient (Wildman–Crippen LogP) is 5.31. The third kappa shape index (κ3) is 2.90. The number of unbranched alkanes of at least 4 members (excludes halogenated alkanes) is 1. The molecule has 2 rings (SSSR count). The first-order valence-electron chi connectivity index (χ1n) is 7.19. The Morgan fingerprint density at radius 1 is 1.00 bits per heavy atom. The van der Waals surface area contributed by atoms with Crippen molar-refractivity contribution >= 4 is 10.8 Å². The summed E-state index contributed by atoms with van der Waals surface area (Å²) in [6, 6.07) is 8.62. The molecular weight excluding hydrogens is 218 g/mol. The minimum absolute atomic E-state index is 0.675. The van der Waals surface area contributed by atoms with E-state index in [9.17, 15) is 0 Å².